The molecule has 3 nitrogen and oxygen atoms in total. The molecule has 0 radical (unpaired) electrons. The number of nitrogens with zero attached hydrogens (tertiary/aromatic N) is 1. The zero-order valence-electron chi connectivity index (χ0n) is 15.6. The predicted molar refractivity (Wildman–Crippen MR) is 102 cm³/mol. The highest BCUT2D eigenvalue weighted by molar-refractivity contribution is 5.85. The number of alkyl halides is 3. The van der Waals surface area contributed by atoms with Crippen LogP contribution in [0.15, 0.2) is 24.3 Å². The minimum atomic E-state index is -4.35. The standard InChI is InChI=1S/C20H27F3N2O.ClH/c1-14(16-3-2-4-17(12-16)20(21,22)23)11-19(26)25-9-7-18(8-10-25)24-13-15-5-6-15;/h2-4,12,14-15,18,24H,5-11,13H2,1H3;1H. The number of carbonyl (C=O) groups is 1. The number of carbonyl (C=O) groups excluding carboxylic acids is 1. The maximum Gasteiger partial charge on any atom is 0.416 e. The summed E-state index contributed by atoms with van der Waals surface area (Å²) in [6.07, 6.45) is 0.471. The molecule has 2 aliphatic rings. The fourth-order valence-electron chi connectivity index (χ4n) is 3.52. The number of rotatable bonds is 6. The van der Waals surface area contributed by atoms with Crippen molar-refractivity contribution in [1.82, 2.24) is 10.2 Å². The average Bonchev–Trinajstić information content (AvgIpc) is 3.44. The second kappa shape index (κ2) is 9.28. The Morgan fingerprint density at radius 2 is 1.89 bits per heavy atom. The first-order chi connectivity index (χ1) is 12.3. The second-order valence-electron chi connectivity index (χ2n) is 7.74. The van der Waals surface area contributed by atoms with Gasteiger partial charge in [-0.1, -0.05) is 25.1 Å². The first-order valence-corrected chi connectivity index (χ1v) is 9.51. The van der Waals surface area contributed by atoms with E-state index in [1.54, 1.807) is 6.07 Å². The van der Waals surface area contributed by atoms with Crippen LogP contribution in [-0.2, 0) is 11.0 Å². The Hall–Kier alpha value is -1.27. The van der Waals surface area contributed by atoms with Crippen LogP contribution < -0.4 is 5.32 Å². The largest absolute Gasteiger partial charge is 0.416 e. The van der Waals surface area contributed by atoms with Gasteiger partial charge >= 0.3 is 6.18 Å². The van der Waals surface area contributed by atoms with Gasteiger partial charge < -0.3 is 10.2 Å². The molecule has 1 amide bonds. The molecule has 0 aromatic heterocycles. The van der Waals surface area contributed by atoms with Gasteiger partial charge in [0.2, 0.25) is 5.91 Å². The average molecular weight is 405 g/mol. The van der Waals surface area contributed by atoms with Crippen LogP contribution in [-0.4, -0.2) is 36.5 Å². The van der Waals surface area contributed by atoms with E-state index in [4.69, 9.17) is 0 Å². The first kappa shape index (κ1) is 22.0. The summed E-state index contributed by atoms with van der Waals surface area (Å²) < 4.78 is 38.6. The van der Waals surface area contributed by atoms with Crippen LogP contribution in [0.4, 0.5) is 13.2 Å². The van der Waals surface area contributed by atoms with Gasteiger partial charge in [-0.3, -0.25) is 4.79 Å². The lowest BCUT2D eigenvalue weighted by molar-refractivity contribution is -0.137. The van der Waals surface area contributed by atoms with Crippen LogP contribution in [0.2, 0.25) is 0 Å². The Balaban J connectivity index is 0.00000261. The van der Waals surface area contributed by atoms with E-state index in [0.29, 0.717) is 11.6 Å². The Morgan fingerprint density at radius 3 is 2.48 bits per heavy atom. The highest BCUT2D eigenvalue weighted by Crippen LogP contribution is 2.32. The summed E-state index contributed by atoms with van der Waals surface area (Å²) in [5, 5.41) is 3.59. The van der Waals surface area contributed by atoms with Crippen LogP contribution in [0, 0.1) is 5.92 Å². The van der Waals surface area contributed by atoms with Crippen molar-refractivity contribution in [1.29, 1.82) is 0 Å². The molecule has 0 bridgehead atoms. The van der Waals surface area contributed by atoms with Crippen molar-refractivity contribution in [2.24, 2.45) is 5.92 Å². The third kappa shape index (κ3) is 6.39. The van der Waals surface area contributed by atoms with Gasteiger partial charge in [0.05, 0.1) is 5.56 Å². The van der Waals surface area contributed by atoms with E-state index >= 15 is 0 Å². The Bertz CT molecular complexity index is 626. The second-order valence-corrected chi connectivity index (χ2v) is 7.74. The summed E-state index contributed by atoms with van der Waals surface area (Å²) in [6, 6.07) is 5.79. The number of benzene rings is 1. The van der Waals surface area contributed by atoms with Crippen molar-refractivity contribution in [3.63, 3.8) is 0 Å². The molecule has 0 spiro atoms. The molecule has 3 rings (SSSR count). The lowest BCUT2D eigenvalue weighted by atomic mass is 9.94. The summed E-state index contributed by atoms with van der Waals surface area (Å²) >= 11 is 0. The van der Waals surface area contributed by atoms with Crippen molar-refractivity contribution in [3.8, 4) is 0 Å². The minimum Gasteiger partial charge on any atom is -0.343 e. The molecular weight excluding hydrogens is 377 g/mol. The monoisotopic (exact) mass is 404 g/mol. The van der Waals surface area contributed by atoms with Gasteiger partial charge in [-0.15, -0.1) is 12.4 Å². The number of piperidine rings is 1. The molecule has 1 aromatic carbocycles. The number of hydrogen-bond acceptors (Lipinski definition) is 2. The molecule has 27 heavy (non-hydrogen) atoms. The lowest BCUT2D eigenvalue weighted by Gasteiger charge is -2.33. The van der Waals surface area contributed by atoms with E-state index < -0.39 is 11.7 Å². The summed E-state index contributed by atoms with van der Waals surface area (Å²) in [5.74, 6) is 0.661. The predicted octanol–water partition coefficient (Wildman–Crippen LogP) is 4.61. The summed E-state index contributed by atoms with van der Waals surface area (Å²) in [7, 11) is 0. The molecule has 1 heterocycles. The first-order valence-electron chi connectivity index (χ1n) is 9.51. The third-order valence-corrected chi connectivity index (χ3v) is 5.50. The van der Waals surface area contributed by atoms with Crippen LogP contribution in [0.5, 0.6) is 0 Å². The molecule has 2 fully saturated rings. The van der Waals surface area contributed by atoms with Gasteiger partial charge in [-0.25, -0.2) is 0 Å². The molecule has 1 aromatic rings. The topological polar surface area (TPSA) is 32.3 Å². The van der Waals surface area contributed by atoms with Crippen LogP contribution in [0.3, 0.4) is 0 Å². The molecule has 1 aliphatic carbocycles. The zero-order valence-corrected chi connectivity index (χ0v) is 16.4. The van der Waals surface area contributed by atoms with Gasteiger partial charge in [-0.2, -0.15) is 13.2 Å². The van der Waals surface area contributed by atoms with E-state index in [-0.39, 0.29) is 30.7 Å². The molecule has 1 unspecified atom stereocenters. The number of likely N-dealkylation sites (tertiary alicyclic amines) is 1. The summed E-state index contributed by atoms with van der Waals surface area (Å²) in [6.45, 7) is 4.37. The SMILES string of the molecule is CC(CC(=O)N1CCC(NCC2CC2)CC1)c1cccc(C(F)(F)F)c1.Cl. The maximum absolute atomic E-state index is 12.9. The fourth-order valence-corrected chi connectivity index (χ4v) is 3.52. The van der Waals surface area contributed by atoms with Gasteiger partial charge in [-0.05, 0) is 55.7 Å². The van der Waals surface area contributed by atoms with Crippen LogP contribution >= 0.6 is 12.4 Å². The smallest absolute Gasteiger partial charge is 0.343 e. The van der Waals surface area contributed by atoms with Crippen molar-refractivity contribution >= 4 is 18.3 Å². The minimum absolute atomic E-state index is 0. The van der Waals surface area contributed by atoms with Crippen molar-refractivity contribution in [3.05, 3.63) is 35.4 Å². The maximum atomic E-state index is 12.9. The van der Waals surface area contributed by atoms with Gasteiger partial charge in [0.15, 0.2) is 0 Å². The highest BCUT2D eigenvalue weighted by atomic mass is 35.5. The van der Waals surface area contributed by atoms with Gasteiger partial charge in [0, 0.05) is 25.6 Å². The van der Waals surface area contributed by atoms with E-state index in [1.807, 2.05) is 11.8 Å². The molecule has 1 aliphatic heterocycles. The number of halogens is 4. The van der Waals surface area contributed by atoms with E-state index in [1.165, 1.54) is 18.9 Å². The molecule has 7 heteroatoms. The number of hydrogen-bond donors (Lipinski definition) is 1. The van der Waals surface area contributed by atoms with Crippen molar-refractivity contribution in [2.75, 3.05) is 19.6 Å². The van der Waals surface area contributed by atoms with E-state index in [9.17, 15) is 18.0 Å². The highest BCUT2D eigenvalue weighted by Gasteiger charge is 2.31. The van der Waals surface area contributed by atoms with E-state index in [2.05, 4.69) is 5.32 Å². The van der Waals surface area contributed by atoms with Crippen molar-refractivity contribution in [2.45, 2.75) is 57.2 Å². The third-order valence-electron chi connectivity index (χ3n) is 5.50. The Morgan fingerprint density at radius 1 is 1.22 bits per heavy atom. The molecule has 1 saturated heterocycles. The van der Waals surface area contributed by atoms with Crippen LogP contribution in [0.25, 0.3) is 0 Å². The molecule has 1 N–H and O–H groups in total. The van der Waals surface area contributed by atoms with Crippen LogP contribution in [0.1, 0.15) is 56.1 Å². The summed E-state index contributed by atoms with van der Waals surface area (Å²) in [4.78, 5) is 14.4. The normalized spacial score (nSPS) is 19.5. The number of nitrogens with one attached hydrogen (secondary N) is 1. The van der Waals surface area contributed by atoms with Crippen molar-refractivity contribution < 1.29 is 18.0 Å². The quantitative estimate of drug-likeness (QED) is 0.750. The van der Waals surface area contributed by atoms with Gasteiger partial charge in [0.25, 0.3) is 0 Å². The van der Waals surface area contributed by atoms with Gasteiger partial charge in [0.1, 0.15) is 0 Å². The lowest BCUT2D eigenvalue weighted by Crippen LogP contribution is -2.45. The fraction of sp³-hybridized carbons (Fsp3) is 0.650. The zero-order chi connectivity index (χ0) is 18.7. The summed E-state index contributed by atoms with van der Waals surface area (Å²) in [5.41, 5.74) is -0.0917. The molecule has 1 atom stereocenters. The molecule has 152 valence electrons. The molecular formula is C20H28ClF3N2O. The Labute approximate surface area is 165 Å². The number of amides is 1. The molecule has 1 saturated carbocycles. The van der Waals surface area contributed by atoms with E-state index in [0.717, 1.165) is 50.5 Å². The Kier molecular flexibility index (Phi) is 7.57.